The van der Waals surface area contributed by atoms with Gasteiger partial charge in [0.1, 0.15) is 11.4 Å². The van der Waals surface area contributed by atoms with Crippen molar-refractivity contribution in [2.75, 3.05) is 0 Å². The molecular weight excluding hydrogens is 368 g/mol. The Morgan fingerprint density at radius 2 is 1.68 bits per heavy atom. The second-order valence-electron chi connectivity index (χ2n) is 9.31. The van der Waals surface area contributed by atoms with E-state index in [-0.39, 0.29) is 16.8 Å². The summed E-state index contributed by atoms with van der Waals surface area (Å²) in [6, 6.07) is 9.32. The smallest absolute Gasteiger partial charge is 0.267 e. The van der Waals surface area contributed by atoms with Crippen molar-refractivity contribution in [3.63, 3.8) is 0 Å². The number of carbonyl (C=O) groups is 1. The molecule has 5 nitrogen and oxygen atoms in total. The number of ether oxygens (including phenoxy) is 1. The van der Waals surface area contributed by atoms with Gasteiger partial charge in [-0.15, -0.1) is 0 Å². The summed E-state index contributed by atoms with van der Waals surface area (Å²) in [4.78, 5) is 15.7. The first-order chi connectivity index (χ1) is 13.0. The minimum atomic E-state index is -1.72. The number of amides is 1. The van der Waals surface area contributed by atoms with E-state index in [9.17, 15) is 4.79 Å². The fourth-order valence-electron chi connectivity index (χ4n) is 3.36. The SMILES string of the molecule is CC(C)(C)[Si](C)(C)OC1CCC(Oc2ccc3ccc(C(N)=O)nc3c2)CC1. The molecule has 1 aliphatic rings. The number of primary amides is 1. The fourth-order valence-corrected chi connectivity index (χ4v) is 4.78. The number of nitrogens with zero attached hydrogens (tertiary/aromatic N) is 1. The van der Waals surface area contributed by atoms with Crippen LogP contribution in [0.25, 0.3) is 10.9 Å². The van der Waals surface area contributed by atoms with E-state index in [0.29, 0.717) is 6.10 Å². The molecule has 152 valence electrons. The molecule has 1 fully saturated rings. The summed E-state index contributed by atoms with van der Waals surface area (Å²) < 4.78 is 12.8. The van der Waals surface area contributed by atoms with E-state index in [4.69, 9.17) is 14.9 Å². The number of nitrogens with two attached hydrogens (primary N) is 1. The quantitative estimate of drug-likeness (QED) is 0.713. The van der Waals surface area contributed by atoms with Gasteiger partial charge in [-0.2, -0.15) is 0 Å². The van der Waals surface area contributed by atoms with E-state index >= 15 is 0 Å². The number of pyridine rings is 1. The fraction of sp³-hybridized carbons (Fsp3) is 0.545. The number of fused-ring (bicyclic) bond motifs is 1. The van der Waals surface area contributed by atoms with Gasteiger partial charge < -0.3 is 14.9 Å². The molecule has 1 aromatic carbocycles. The van der Waals surface area contributed by atoms with Crippen molar-refractivity contribution in [2.24, 2.45) is 5.73 Å². The lowest BCUT2D eigenvalue weighted by atomic mass is 9.95. The topological polar surface area (TPSA) is 74.4 Å². The molecule has 3 rings (SSSR count). The maximum atomic E-state index is 11.4. The van der Waals surface area contributed by atoms with Crippen molar-refractivity contribution in [3.8, 4) is 5.75 Å². The molecule has 28 heavy (non-hydrogen) atoms. The number of aromatic nitrogens is 1. The summed E-state index contributed by atoms with van der Waals surface area (Å²) in [6.07, 6.45) is 4.59. The molecule has 0 unspecified atom stereocenters. The first kappa shape index (κ1) is 20.8. The summed E-state index contributed by atoms with van der Waals surface area (Å²) in [5.74, 6) is 0.267. The van der Waals surface area contributed by atoms with Crippen LogP contribution in [0.5, 0.6) is 5.75 Å². The van der Waals surface area contributed by atoms with Gasteiger partial charge in [0.2, 0.25) is 0 Å². The molecule has 2 aromatic rings. The van der Waals surface area contributed by atoms with Crippen molar-refractivity contribution in [1.82, 2.24) is 4.98 Å². The third-order valence-electron chi connectivity index (χ3n) is 6.11. The molecule has 1 heterocycles. The number of hydrogen-bond acceptors (Lipinski definition) is 4. The van der Waals surface area contributed by atoms with Gasteiger partial charge in [0.25, 0.3) is 5.91 Å². The first-order valence-electron chi connectivity index (χ1n) is 10.1. The standard InChI is InChI=1S/C22H32N2O3Si/c1-22(2,3)28(4,5)27-17-11-9-16(10-12-17)26-18-8-6-15-7-13-19(21(23)25)24-20(15)14-18/h6-8,13-14,16-17H,9-12H2,1-5H3,(H2,23,25). The normalized spacial score (nSPS) is 20.9. The average Bonchev–Trinajstić information content (AvgIpc) is 2.61. The minimum absolute atomic E-state index is 0.191. The predicted molar refractivity (Wildman–Crippen MR) is 115 cm³/mol. The van der Waals surface area contributed by atoms with Gasteiger partial charge in [-0.25, -0.2) is 4.98 Å². The Kier molecular flexibility index (Phi) is 5.82. The Hall–Kier alpha value is -1.92. The summed E-state index contributed by atoms with van der Waals surface area (Å²) in [7, 11) is -1.72. The molecule has 2 N–H and O–H groups in total. The van der Waals surface area contributed by atoms with Crippen LogP contribution in [0.15, 0.2) is 30.3 Å². The van der Waals surface area contributed by atoms with Gasteiger partial charge in [-0.3, -0.25) is 4.79 Å². The lowest BCUT2D eigenvalue weighted by molar-refractivity contribution is 0.0726. The lowest BCUT2D eigenvalue weighted by Gasteiger charge is -2.41. The van der Waals surface area contributed by atoms with Crippen molar-refractivity contribution < 1.29 is 14.0 Å². The number of benzene rings is 1. The molecule has 0 atom stereocenters. The van der Waals surface area contributed by atoms with E-state index in [1.165, 1.54) is 0 Å². The molecule has 0 radical (unpaired) electrons. The minimum Gasteiger partial charge on any atom is -0.490 e. The highest BCUT2D eigenvalue weighted by Gasteiger charge is 2.39. The van der Waals surface area contributed by atoms with Crippen LogP contribution in [0.2, 0.25) is 18.1 Å². The predicted octanol–water partition coefficient (Wildman–Crippen LogP) is 5.05. The second kappa shape index (κ2) is 7.83. The summed E-state index contributed by atoms with van der Waals surface area (Å²) in [6.45, 7) is 11.5. The van der Waals surface area contributed by atoms with Gasteiger partial charge in [0.05, 0.1) is 11.6 Å². The zero-order chi connectivity index (χ0) is 20.5. The van der Waals surface area contributed by atoms with Crippen LogP contribution in [0, 0.1) is 0 Å². The van der Waals surface area contributed by atoms with Gasteiger partial charge in [0, 0.05) is 17.6 Å². The van der Waals surface area contributed by atoms with Crippen LogP contribution in [0.1, 0.15) is 56.9 Å². The third-order valence-corrected chi connectivity index (χ3v) is 10.6. The molecule has 0 spiro atoms. The first-order valence-corrected chi connectivity index (χ1v) is 13.0. The lowest BCUT2D eigenvalue weighted by Crippen LogP contribution is -2.45. The van der Waals surface area contributed by atoms with Crippen molar-refractivity contribution >= 4 is 25.1 Å². The van der Waals surface area contributed by atoms with Crippen molar-refractivity contribution in [3.05, 3.63) is 36.0 Å². The van der Waals surface area contributed by atoms with Crippen LogP contribution < -0.4 is 10.5 Å². The molecule has 0 saturated heterocycles. The van der Waals surface area contributed by atoms with Crippen LogP contribution >= 0.6 is 0 Å². The van der Waals surface area contributed by atoms with E-state index in [1.54, 1.807) is 6.07 Å². The number of rotatable bonds is 5. The van der Waals surface area contributed by atoms with Crippen LogP contribution in [0.4, 0.5) is 0 Å². The Bertz CT molecular complexity index is 852. The average molecular weight is 401 g/mol. The Morgan fingerprint density at radius 3 is 2.29 bits per heavy atom. The Morgan fingerprint density at radius 1 is 1.07 bits per heavy atom. The molecule has 1 aliphatic carbocycles. The van der Waals surface area contributed by atoms with E-state index in [1.807, 2.05) is 24.3 Å². The van der Waals surface area contributed by atoms with Crippen LogP contribution in [-0.2, 0) is 4.43 Å². The van der Waals surface area contributed by atoms with Gasteiger partial charge in [-0.1, -0.05) is 26.8 Å². The maximum absolute atomic E-state index is 11.4. The molecule has 0 aliphatic heterocycles. The van der Waals surface area contributed by atoms with Gasteiger partial charge in [-0.05, 0) is 62.0 Å². The van der Waals surface area contributed by atoms with Crippen LogP contribution in [-0.4, -0.2) is 31.4 Å². The van der Waals surface area contributed by atoms with E-state index in [2.05, 4.69) is 38.8 Å². The van der Waals surface area contributed by atoms with E-state index < -0.39 is 14.2 Å². The molecule has 6 heteroatoms. The Balaban J connectivity index is 1.61. The van der Waals surface area contributed by atoms with Gasteiger partial charge >= 0.3 is 0 Å². The summed E-state index contributed by atoms with van der Waals surface area (Å²) >= 11 is 0. The summed E-state index contributed by atoms with van der Waals surface area (Å²) in [5.41, 5.74) is 6.33. The second-order valence-corrected chi connectivity index (χ2v) is 14.1. The number of hydrogen-bond donors (Lipinski definition) is 1. The zero-order valence-corrected chi connectivity index (χ0v) is 18.6. The highest BCUT2D eigenvalue weighted by Crippen LogP contribution is 2.39. The maximum Gasteiger partial charge on any atom is 0.267 e. The van der Waals surface area contributed by atoms with E-state index in [0.717, 1.165) is 42.3 Å². The van der Waals surface area contributed by atoms with Crippen molar-refractivity contribution in [1.29, 1.82) is 0 Å². The molecule has 1 amide bonds. The highest BCUT2D eigenvalue weighted by molar-refractivity contribution is 6.74. The molecule has 1 saturated carbocycles. The Labute approximate surface area is 168 Å². The number of carbonyl (C=O) groups excluding carboxylic acids is 1. The third kappa shape index (κ3) is 4.73. The molecule has 0 bridgehead atoms. The molecular formula is C22H32N2O3Si. The monoisotopic (exact) mass is 400 g/mol. The molecule has 1 aromatic heterocycles. The van der Waals surface area contributed by atoms with Crippen LogP contribution in [0.3, 0.4) is 0 Å². The van der Waals surface area contributed by atoms with Crippen molar-refractivity contribution in [2.45, 2.75) is 76.8 Å². The zero-order valence-electron chi connectivity index (χ0n) is 17.6. The summed E-state index contributed by atoms with van der Waals surface area (Å²) in [5, 5.41) is 1.20. The highest BCUT2D eigenvalue weighted by atomic mass is 28.4. The largest absolute Gasteiger partial charge is 0.490 e. The van der Waals surface area contributed by atoms with Gasteiger partial charge in [0.15, 0.2) is 8.32 Å².